The molecule has 2 aromatic rings. The Kier molecular flexibility index (Phi) is 6.80. The van der Waals surface area contributed by atoms with Crippen LogP contribution in [0.1, 0.15) is 5.56 Å². The van der Waals surface area contributed by atoms with Gasteiger partial charge in [0.25, 0.3) is 0 Å². The van der Waals surface area contributed by atoms with Gasteiger partial charge in [-0.05, 0) is 5.56 Å². The number of hydrogen-bond donors (Lipinski definition) is 0. The van der Waals surface area contributed by atoms with Crippen molar-refractivity contribution >= 4 is 7.60 Å². The van der Waals surface area contributed by atoms with Gasteiger partial charge in [-0.2, -0.15) is 9.97 Å². The maximum absolute atomic E-state index is 12.3. The van der Waals surface area contributed by atoms with E-state index in [2.05, 4.69) is 24.7 Å². The molecule has 136 valence electrons. The minimum absolute atomic E-state index is 0.0429. The lowest BCUT2D eigenvalue weighted by Gasteiger charge is -2.14. The molecule has 10 nitrogen and oxygen atoms in total. The van der Waals surface area contributed by atoms with Crippen LogP contribution in [0.5, 0.6) is 12.0 Å². The Morgan fingerprint density at radius 2 is 1.36 bits per heavy atom. The molecular formula is C14H18N3O7P. The van der Waals surface area contributed by atoms with Crippen molar-refractivity contribution in [3.63, 3.8) is 0 Å². The molecular weight excluding hydrogens is 353 g/mol. The average Bonchev–Trinajstić information content (AvgIpc) is 2.62. The van der Waals surface area contributed by atoms with Gasteiger partial charge in [0.1, 0.15) is 0 Å². The third kappa shape index (κ3) is 5.18. The number of methoxy groups -OCH3 is 2. The van der Waals surface area contributed by atoms with Crippen LogP contribution in [0.3, 0.4) is 0 Å². The van der Waals surface area contributed by atoms with Crippen molar-refractivity contribution in [3.05, 3.63) is 29.8 Å². The molecule has 1 aromatic carbocycles. The fraction of sp³-hybridized carbons (Fsp3) is 0.357. The van der Waals surface area contributed by atoms with Crippen LogP contribution < -0.4 is 9.47 Å². The molecule has 25 heavy (non-hydrogen) atoms. The van der Waals surface area contributed by atoms with Crippen LogP contribution in [-0.4, -0.2) is 43.4 Å². The minimum atomic E-state index is -3.58. The Bertz CT molecular complexity index is 709. The summed E-state index contributed by atoms with van der Waals surface area (Å²) in [5.74, 6) is 0.375. The van der Waals surface area contributed by atoms with E-state index in [0.29, 0.717) is 17.0 Å². The standard InChI is InChI=1S/C14H18N3O7P/c1-19-13-15-12(16-14(17-13)20-2)11-7-5-10(6-8-11)9-25(18,23-21-3)24-22-4/h5-8H,9H2,1-4H3. The van der Waals surface area contributed by atoms with Crippen molar-refractivity contribution in [1.82, 2.24) is 15.0 Å². The van der Waals surface area contributed by atoms with E-state index in [1.807, 2.05) is 0 Å². The summed E-state index contributed by atoms with van der Waals surface area (Å²) in [5, 5.41) is 0. The molecule has 0 aliphatic carbocycles. The topological polar surface area (TPSA) is 111 Å². The van der Waals surface area contributed by atoms with Crippen LogP contribution in [0.4, 0.5) is 0 Å². The van der Waals surface area contributed by atoms with E-state index in [4.69, 9.17) is 18.8 Å². The largest absolute Gasteiger partial charge is 0.467 e. The van der Waals surface area contributed by atoms with E-state index in [-0.39, 0.29) is 18.2 Å². The van der Waals surface area contributed by atoms with Crippen molar-refractivity contribution in [2.45, 2.75) is 6.16 Å². The van der Waals surface area contributed by atoms with Crippen molar-refractivity contribution < 1.29 is 33.2 Å². The Balaban J connectivity index is 2.23. The highest BCUT2D eigenvalue weighted by atomic mass is 31.2. The summed E-state index contributed by atoms with van der Waals surface area (Å²) in [6.07, 6.45) is -0.0429. The normalized spacial score (nSPS) is 11.4. The van der Waals surface area contributed by atoms with Crippen LogP contribution in [0.15, 0.2) is 24.3 Å². The zero-order chi connectivity index (χ0) is 18.3. The quantitative estimate of drug-likeness (QED) is 0.370. The summed E-state index contributed by atoms with van der Waals surface area (Å²) in [4.78, 5) is 21.2. The lowest BCUT2D eigenvalue weighted by Crippen LogP contribution is -2.01. The summed E-state index contributed by atoms with van der Waals surface area (Å²) in [5.41, 5.74) is 1.37. The van der Waals surface area contributed by atoms with Gasteiger partial charge in [0.2, 0.25) is 0 Å². The van der Waals surface area contributed by atoms with E-state index >= 15 is 0 Å². The summed E-state index contributed by atoms with van der Waals surface area (Å²) >= 11 is 0. The van der Waals surface area contributed by atoms with Gasteiger partial charge in [-0.1, -0.05) is 24.3 Å². The van der Waals surface area contributed by atoms with Gasteiger partial charge in [-0.15, -0.1) is 14.3 Å². The van der Waals surface area contributed by atoms with Crippen LogP contribution in [0.25, 0.3) is 11.4 Å². The van der Waals surface area contributed by atoms with Crippen LogP contribution in [0, 0.1) is 0 Å². The maximum atomic E-state index is 12.3. The van der Waals surface area contributed by atoms with Crippen molar-refractivity contribution in [1.29, 1.82) is 0 Å². The summed E-state index contributed by atoms with van der Waals surface area (Å²) < 4.78 is 31.8. The average molecular weight is 371 g/mol. The zero-order valence-corrected chi connectivity index (χ0v) is 15.1. The highest BCUT2D eigenvalue weighted by Crippen LogP contribution is 2.51. The highest BCUT2D eigenvalue weighted by Gasteiger charge is 2.28. The molecule has 0 fully saturated rings. The van der Waals surface area contributed by atoms with Gasteiger partial charge in [0.05, 0.1) is 34.6 Å². The van der Waals surface area contributed by atoms with E-state index in [1.165, 1.54) is 28.4 Å². The minimum Gasteiger partial charge on any atom is -0.467 e. The van der Waals surface area contributed by atoms with E-state index in [9.17, 15) is 4.57 Å². The maximum Gasteiger partial charge on any atom is 0.388 e. The van der Waals surface area contributed by atoms with Crippen molar-refractivity contribution in [2.75, 3.05) is 28.4 Å². The Labute approximate surface area is 144 Å². The molecule has 0 amide bonds. The third-order valence-electron chi connectivity index (χ3n) is 2.92. The lowest BCUT2D eigenvalue weighted by molar-refractivity contribution is -0.242. The second kappa shape index (κ2) is 8.84. The monoisotopic (exact) mass is 371 g/mol. The molecule has 0 aliphatic rings. The molecule has 0 unspecified atom stereocenters. The Hall–Kier alpha value is -2.10. The number of benzene rings is 1. The van der Waals surface area contributed by atoms with Gasteiger partial charge in [-0.25, -0.2) is 9.78 Å². The van der Waals surface area contributed by atoms with Crippen molar-refractivity contribution in [3.8, 4) is 23.4 Å². The Morgan fingerprint density at radius 1 is 0.840 bits per heavy atom. The van der Waals surface area contributed by atoms with Crippen LogP contribution in [0.2, 0.25) is 0 Å². The molecule has 0 spiro atoms. The molecule has 0 N–H and O–H groups in total. The fourth-order valence-corrected chi connectivity index (χ4v) is 3.17. The molecule has 0 bridgehead atoms. The van der Waals surface area contributed by atoms with Gasteiger partial charge in [0.15, 0.2) is 5.82 Å². The highest BCUT2D eigenvalue weighted by molar-refractivity contribution is 7.52. The van der Waals surface area contributed by atoms with Gasteiger partial charge in [-0.3, -0.25) is 4.57 Å². The molecule has 1 heterocycles. The van der Waals surface area contributed by atoms with E-state index in [0.717, 1.165) is 0 Å². The van der Waals surface area contributed by atoms with Gasteiger partial charge < -0.3 is 9.47 Å². The zero-order valence-electron chi connectivity index (χ0n) is 14.2. The first-order valence-corrected chi connectivity index (χ1v) is 8.73. The third-order valence-corrected chi connectivity index (χ3v) is 4.43. The van der Waals surface area contributed by atoms with Crippen LogP contribution in [-0.2, 0) is 29.9 Å². The van der Waals surface area contributed by atoms with Gasteiger partial charge in [0, 0.05) is 5.56 Å². The number of rotatable bonds is 9. The second-order valence-corrected chi connectivity index (χ2v) is 6.42. The smallest absolute Gasteiger partial charge is 0.388 e. The lowest BCUT2D eigenvalue weighted by atomic mass is 10.1. The molecule has 0 saturated carbocycles. The summed E-state index contributed by atoms with van der Waals surface area (Å²) in [6.45, 7) is 0. The summed E-state index contributed by atoms with van der Waals surface area (Å²) in [7, 11) is 1.78. The molecule has 0 radical (unpaired) electrons. The number of nitrogens with zero attached hydrogens (tertiary/aromatic N) is 3. The molecule has 0 aliphatic heterocycles. The second-order valence-electron chi connectivity index (χ2n) is 4.58. The first-order valence-electron chi connectivity index (χ1n) is 7.01. The van der Waals surface area contributed by atoms with E-state index in [1.54, 1.807) is 24.3 Å². The number of aromatic nitrogens is 3. The first-order chi connectivity index (χ1) is 12.0. The van der Waals surface area contributed by atoms with Gasteiger partial charge >= 0.3 is 19.6 Å². The van der Waals surface area contributed by atoms with Crippen molar-refractivity contribution in [2.24, 2.45) is 0 Å². The Morgan fingerprint density at radius 3 is 1.80 bits per heavy atom. The molecule has 2 rings (SSSR count). The molecule has 0 saturated heterocycles. The molecule has 0 atom stereocenters. The van der Waals surface area contributed by atoms with E-state index < -0.39 is 7.60 Å². The SMILES string of the molecule is COOP(=O)(Cc1ccc(-c2nc(OC)nc(OC)n2)cc1)OOC. The number of hydrogen-bond acceptors (Lipinski definition) is 10. The predicted octanol–water partition coefficient (Wildman–Crippen LogP) is 2.40. The fourth-order valence-electron chi connectivity index (χ4n) is 1.92. The molecule has 1 aromatic heterocycles. The van der Waals surface area contributed by atoms with Crippen LogP contribution >= 0.6 is 7.60 Å². The first kappa shape index (κ1) is 19.2. The number of ether oxygens (including phenoxy) is 2. The predicted molar refractivity (Wildman–Crippen MR) is 85.9 cm³/mol. The molecule has 11 heteroatoms. The summed E-state index contributed by atoms with van der Waals surface area (Å²) in [6, 6.07) is 7.21.